The third-order valence-electron chi connectivity index (χ3n) is 1.87. The molecule has 0 heterocycles. The first-order valence-electron chi connectivity index (χ1n) is 4.05. The van der Waals surface area contributed by atoms with Gasteiger partial charge in [0.1, 0.15) is 6.07 Å². The van der Waals surface area contributed by atoms with Crippen LogP contribution in [0, 0.1) is 11.3 Å². The van der Waals surface area contributed by atoms with Crippen LogP contribution in [0.2, 0.25) is 0 Å². The average molecular weight is 270 g/mol. The van der Waals surface area contributed by atoms with Crippen LogP contribution in [0.1, 0.15) is 21.5 Å². The van der Waals surface area contributed by atoms with Gasteiger partial charge in [-0.05, 0) is 17.7 Å². The zero-order valence-electron chi connectivity index (χ0n) is 7.95. The molecular weight excluding hydrogens is 262 g/mol. The van der Waals surface area contributed by atoms with E-state index < -0.39 is 5.97 Å². The van der Waals surface area contributed by atoms with Crippen molar-refractivity contribution in [2.75, 3.05) is 7.11 Å². The summed E-state index contributed by atoms with van der Waals surface area (Å²) >= 11 is 3.19. The molecule has 0 radical (unpaired) electrons. The van der Waals surface area contributed by atoms with E-state index in [1.54, 1.807) is 6.07 Å². The van der Waals surface area contributed by atoms with E-state index in [4.69, 9.17) is 10.4 Å². The lowest BCUT2D eigenvalue weighted by atomic mass is 10.0. The fourth-order valence-electron chi connectivity index (χ4n) is 1.22. The molecule has 0 aliphatic heterocycles. The van der Waals surface area contributed by atoms with Gasteiger partial charge in [0.05, 0.1) is 24.8 Å². The number of aliphatic hydroxyl groups is 1. The summed E-state index contributed by atoms with van der Waals surface area (Å²) in [5.41, 5.74) is 0.666. The maximum absolute atomic E-state index is 11.4. The number of methoxy groups -OCH3 is 1. The Balaban J connectivity index is 3.45. The third-order valence-corrected chi connectivity index (χ3v) is 2.32. The van der Waals surface area contributed by atoms with Crippen molar-refractivity contribution in [3.63, 3.8) is 0 Å². The summed E-state index contributed by atoms with van der Waals surface area (Å²) in [6.07, 6.45) is 0. The Labute approximate surface area is 95.2 Å². The third kappa shape index (κ3) is 2.35. The number of ether oxygens (including phenoxy) is 1. The molecule has 15 heavy (non-hydrogen) atoms. The second kappa shape index (κ2) is 4.91. The highest BCUT2D eigenvalue weighted by molar-refractivity contribution is 9.10. The van der Waals surface area contributed by atoms with Gasteiger partial charge in [-0.25, -0.2) is 4.79 Å². The van der Waals surface area contributed by atoms with E-state index in [1.165, 1.54) is 13.2 Å². The van der Waals surface area contributed by atoms with Crippen molar-refractivity contribution in [2.45, 2.75) is 6.61 Å². The van der Waals surface area contributed by atoms with Crippen molar-refractivity contribution < 1.29 is 14.6 Å². The van der Waals surface area contributed by atoms with Crippen molar-refractivity contribution in [2.24, 2.45) is 0 Å². The number of carbonyl (C=O) groups is 1. The molecule has 0 fully saturated rings. The maximum Gasteiger partial charge on any atom is 0.339 e. The van der Waals surface area contributed by atoms with Gasteiger partial charge in [-0.3, -0.25) is 0 Å². The summed E-state index contributed by atoms with van der Waals surface area (Å²) in [6, 6.07) is 4.97. The van der Waals surface area contributed by atoms with Crippen LogP contribution in [0.3, 0.4) is 0 Å². The molecule has 0 aliphatic carbocycles. The van der Waals surface area contributed by atoms with Gasteiger partial charge in [0.15, 0.2) is 0 Å². The molecule has 0 amide bonds. The van der Waals surface area contributed by atoms with Gasteiger partial charge in [-0.15, -0.1) is 0 Å². The van der Waals surface area contributed by atoms with Crippen LogP contribution >= 0.6 is 15.9 Å². The largest absolute Gasteiger partial charge is 0.465 e. The SMILES string of the molecule is COC(=O)c1c(C#N)cc(Br)cc1CO. The lowest BCUT2D eigenvalue weighted by Gasteiger charge is -2.07. The lowest BCUT2D eigenvalue weighted by Crippen LogP contribution is -2.08. The van der Waals surface area contributed by atoms with Gasteiger partial charge in [0.2, 0.25) is 0 Å². The molecule has 0 aromatic heterocycles. The standard InChI is InChI=1S/C10H8BrNO3/c1-15-10(14)9-6(4-12)2-8(11)3-7(9)5-13/h2-3,13H,5H2,1H3. The van der Waals surface area contributed by atoms with Crippen LogP contribution in [0.15, 0.2) is 16.6 Å². The van der Waals surface area contributed by atoms with Gasteiger partial charge < -0.3 is 9.84 Å². The molecule has 0 atom stereocenters. The van der Waals surface area contributed by atoms with E-state index in [1.807, 2.05) is 6.07 Å². The van der Waals surface area contributed by atoms with Crippen LogP contribution in [0.4, 0.5) is 0 Å². The van der Waals surface area contributed by atoms with Crippen LogP contribution in [-0.4, -0.2) is 18.2 Å². The highest BCUT2D eigenvalue weighted by Gasteiger charge is 2.17. The molecule has 0 aliphatic rings. The van der Waals surface area contributed by atoms with Gasteiger partial charge >= 0.3 is 5.97 Å². The minimum absolute atomic E-state index is 0.116. The van der Waals surface area contributed by atoms with Gasteiger partial charge in [0, 0.05) is 4.47 Å². The molecule has 0 unspecified atom stereocenters. The molecule has 0 spiro atoms. The molecule has 0 saturated heterocycles. The Morgan fingerprint density at radius 3 is 2.80 bits per heavy atom. The Morgan fingerprint density at radius 1 is 1.67 bits per heavy atom. The minimum Gasteiger partial charge on any atom is -0.465 e. The Bertz CT molecular complexity index is 437. The summed E-state index contributed by atoms with van der Waals surface area (Å²) < 4.78 is 5.18. The normalized spacial score (nSPS) is 9.47. The van der Waals surface area contributed by atoms with Crippen molar-refractivity contribution in [1.29, 1.82) is 5.26 Å². The molecule has 0 saturated carbocycles. The molecule has 1 N–H and O–H groups in total. The van der Waals surface area contributed by atoms with Crippen LogP contribution in [0.5, 0.6) is 0 Å². The number of halogens is 1. The summed E-state index contributed by atoms with van der Waals surface area (Å²) in [4.78, 5) is 11.4. The zero-order valence-corrected chi connectivity index (χ0v) is 9.54. The highest BCUT2D eigenvalue weighted by atomic mass is 79.9. The van der Waals surface area contributed by atoms with Crippen molar-refractivity contribution in [3.05, 3.63) is 33.3 Å². The van der Waals surface area contributed by atoms with Gasteiger partial charge in [0.25, 0.3) is 0 Å². The van der Waals surface area contributed by atoms with E-state index in [9.17, 15) is 4.79 Å². The Hall–Kier alpha value is -1.38. The van der Waals surface area contributed by atoms with E-state index in [-0.39, 0.29) is 17.7 Å². The molecular formula is C10H8BrNO3. The fourth-order valence-corrected chi connectivity index (χ4v) is 1.72. The second-order valence-corrected chi connectivity index (χ2v) is 3.66. The molecule has 4 nitrogen and oxygen atoms in total. The topological polar surface area (TPSA) is 70.3 Å². The van der Waals surface area contributed by atoms with E-state index in [0.29, 0.717) is 10.0 Å². The van der Waals surface area contributed by atoms with Gasteiger partial charge in [-0.2, -0.15) is 5.26 Å². The smallest absolute Gasteiger partial charge is 0.339 e. The number of nitrogens with zero attached hydrogens (tertiary/aromatic N) is 1. The molecule has 1 rings (SSSR count). The quantitative estimate of drug-likeness (QED) is 0.828. The van der Waals surface area contributed by atoms with Crippen LogP contribution in [0.25, 0.3) is 0 Å². The predicted molar refractivity (Wildman–Crippen MR) is 56.1 cm³/mol. The highest BCUT2D eigenvalue weighted by Crippen LogP contribution is 2.22. The Morgan fingerprint density at radius 2 is 2.33 bits per heavy atom. The molecule has 1 aromatic carbocycles. The summed E-state index contributed by atoms with van der Waals surface area (Å²) in [5.74, 6) is -0.622. The average Bonchev–Trinajstić information content (AvgIpc) is 2.26. The van der Waals surface area contributed by atoms with E-state index in [0.717, 1.165) is 0 Å². The molecule has 78 valence electrons. The Kier molecular flexibility index (Phi) is 3.83. The predicted octanol–water partition coefficient (Wildman–Crippen LogP) is 1.60. The van der Waals surface area contributed by atoms with E-state index in [2.05, 4.69) is 20.7 Å². The van der Waals surface area contributed by atoms with Crippen LogP contribution < -0.4 is 0 Å². The summed E-state index contributed by atoms with van der Waals surface area (Å²) in [5, 5.41) is 17.9. The fraction of sp³-hybridized carbons (Fsp3) is 0.200. The number of hydrogen-bond donors (Lipinski definition) is 1. The van der Waals surface area contributed by atoms with Crippen LogP contribution in [-0.2, 0) is 11.3 Å². The number of nitriles is 1. The number of rotatable bonds is 2. The van der Waals surface area contributed by atoms with E-state index >= 15 is 0 Å². The maximum atomic E-state index is 11.4. The summed E-state index contributed by atoms with van der Waals surface area (Å²) in [7, 11) is 1.23. The first kappa shape index (κ1) is 11.7. The number of aliphatic hydroxyl groups excluding tert-OH is 1. The molecule has 5 heteroatoms. The lowest BCUT2D eigenvalue weighted by molar-refractivity contribution is 0.0597. The number of hydrogen-bond acceptors (Lipinski definition) is 4. The van der Waals surface area contributed by atoms with Crippen molar-refractivity contribution >= 4 is 21.9 Å². The first-order valence-corrected chi connectivity index (χ1v) is 4.85. The minimum atomic E-state index is -0.622. The van der Waals surface area contributed by atoms with Gasteiger partial charge in [-0.1, -0.05) is 15.9 Å². The zero-order chi connectivity index (χ0) is 11.4. The first-order chi connectivity index (χ1) is 7.13. The summed E-state index contributed by atoms with van der Waals surface area (Å²) in [6.45, 7) is -0.321. The monoisotopic (exact) mass is 269 g/mol. The number of carbonyl (C=O) groups excluding carboxylic acids is 1. The molecule has 0 bridgehead atoms. The second-order valence-electron chi connectivity index (χ2n) is 2.75. The van der Waals surface area contributed by atoms with Crippen molar-refractivity contribution in [3.8, 4) is 6.07 Å². The van der Waals surface area contributed by atoms with Crippen molar-refractivity contribution in [1.82, 2.24) is 0 Å². The number of esters is 1. The number of benzene rings is 1. The molecule has 1 aromatic rings.